The van der Waals surface area contributed by atoms with Crippen LogP contribution in [0, 0.1) is 0 Å². The molecule has 1 atom stereocenters. The number of sulfone groups is 1. The first-order valence-electron chi connectivity index (χ1n) is 4.00. The monoisotopic (exact) mass is 218 g/mol. The Morgan fingerprint density at radius 1 is 1.36 bits per heavy atom. The van der Waals surface area contributed by atoms with Crippen molar-refractivity contribution in [3.63, 3.8) is 0 Å². The van der Waals surface area contributed by atoms with E-state index in [0.717, 1.165) is 6.26 Å². The van der Waals surface area contributed by atoms with Gasteiger partial charge in [0.25, 0.3) is 0 Å². The average Bonchev–Trinajstić information content (AvgIpc) is 2.15. The first-order chi connectivity index (χ1) is 6.45. The fourth-order valence-corrected chi connectivity index (χ4v) is 1.66. The second-order valence-electron chi connectivity index (χ2n) is 2.99. The van der Waals surface area contributed by atoms with Gasteiger partial charge in [-0.05, 0) is 17.7 Å². The second-order valence-corrected chi connectivity index (χ2v) is 5.01. The van der Waals surface area contributed by atoms with Crippen LogP contribution in [0.25, 0.3) is 0 Å². The maximum absolute atomic E-state index is 12.9. The highest BCUT2D eigenvalue weighted by molar-refractivity contribution is 7.90. The van der Waals surface area contributed by atoms with Gasteiger partial charge in [-0.25, -0.2) is 12.8 Å². The Kier molecular flexibility index (Phi) is 3.23. The van der Waals surface area contributed by atoms with Crippen molar-refractivity contribution in [3.05, 3.63) is 29.8 Å². The molecule has 0 heterocycles. The molecule has 0 bridgehead atoms. The maximum atomic E-state index is 12.9. The van der Waals surface area contributed by atoms with Crippen LogP contribution in [-0.2, 0) is 9.84 Å². The minimum absolute atomic E-state index is 0.145. The predicted molar refractivity (Wildman–Crippen MR) is 50.5 cm³/mol. The third-order valence-corrected chi connectivity index (χ3v) is 2.96. The molecule has 0 aliphatic rings. The van der Waals surface area contributed by atoms with Gasteiger partial charge in [0.05, 0.1) is 11.5 Å². The quantitative estimate of drug-likeness (QED) is 0.826. The molecule has 1 unspecified atom stereocenters. The van der Waals surface area contributed by atoms with Crippen molar-refractivity contribution in [2.75, 3.05) is 12.9 Å². The van der Waals surface area contributed by atoms with Crippen LogP contribution in [-0.4, -0.2) is 26.4 Å². The van der Waals surface area contributed by atoms with E-state index in [-0.39, 0.29) is 10.5 Å². The summed E-state index contributed by atoms with van der Waals surface area (Å²) in [6, 6.07) is 5.37. The van der Waals surface area contributed by atoms with E-state index in [2.05, 4.69) is 0 Å². The molecule has 0 spiro atoms. The lowest BCUT2D eigenvalue weighted by molar-refractivity contribution is 0.180. The molecule has 0 fully saturated rings. The molecule has 0 aliphatic heterocycles. The summed E-state index contributed by atoms with van der Waals surface area (Å²) >= 11 is 0. The summed E-state index contributed by atoms with van der Waals surface area (Å²) in [5, 5.41) is 8.52. The van der Waals surface area contributed by atoms with Gasteiger partial charge in [-0.1, -0.05) is 12.1 Å². The lowest BCUT2D eigenvalue weighted by atomic mass is 10.1. The van der Waals surface area contributed by atoms with E-state index in [0.29, 0.717) is 0 Å². The SMILES string of the molecule is CS(=O)(=O)c1ccc(C(F)CO)cc1. The van der Waals surface area contributed by atoms with E-state index in [1.54, 1.807) is 0 Å². The van der Waals surface area contributed by atoms with Gasteiger partial charge >= 0.3 is 0 Å². The van der Waals surface area contributed by atoms with Crippen molar-refractivity contribution >= 4 is 9.84 Å². The van der Waals surface area contributed by atoms with Crippen molar-refractivity contribution < 1.29 is 17.9 Å². The average molecular weight is 218 g/mol. The molecule has 1 aromatic carbocycles. The molecule has 3 nitrogen and oxygen atoms in total. The number of benzene rings is 1. The lowest BCUT2D eigenvalue weighted by Gasteiger charge is -2.05. The van der Waals surface area contributed by atoms with Gasteiger partial charge in [-0.15, -0.1) is 0 Å². The molecule has 1 N–H and O–H groups in total. The summed E-state index contributed by atoms with van der Waals surface area (Å²) in [5.74, 6) is 0. The normalized spacial score (nSPS) is 13.9. The molecular weight excluding hydrogens is 207 g/mol. The van der Waals surface area contributed by atoms with Gasteiger partial charge < -0.3 is 5.11 Å². The standard InChI is InChI=1S/C9H11FO3S/c1-14(12,13)8-4-2-7(3-5-8)9(10)6-11/h2-5,9,11H,6H2,1H3. The van der Waals surface area contributed by atoms with E-state index in [1.807, 2.05) is 0 Å². The number of rotatable bonds is 3. The zero-order chi connectivity index (χ0) is 10.8. The van der Waals surface area contributed by atoms with Crippen LogP contribution in [0.15, 0.2) is 29.2 Å². The van der Waals surface area contributed by atoms with Crippen molar-refractivity contribution in [3.8, 4) is 0 Å². The third kappa shape index (κ3) is 2.52. The van der Waals surface area contributed by atoms with Gasteiger partial charge in [0, 0.05) is 6.26 Å². The van der Waals surface area contributed by atoms with Gasteiger partial charge in [0.15, 0.2) is 9.84 Å². The Labute approximate surface area is 82.1 Å². The van der Waals surface area contributed by atoms with Gasteiger partial charge in [-0.3, -0.25) is 0 Å². The highest BCUT2D eigenvalue weighted by Crippen LogP contribution is 2.18. The third-order valence-electron chi connectivity index (χ3n) is 1.83. The van der Waals surface area contributed by atoms with E-state index in [1.165, 1.54) is 24.3 Å². The van der Waals surface area contributed by atoms with Gasteiger partial charge in [0.1, 0.15) is 6.17 Å². The zero-order valence-electron chi connectivity index (χ0n) is 7.64. The largest absolute Gasteiger partial charge is 0.393 e. The summed E-state index contributed by atoms with van der Waals surface area (Å²) < 4.78 is 35.0. The maximum Gasteiger partial charge on any atom is 0.175 e. The molecule has 0 saturated heterocycles. The number of alkyl halides is 1. The van der Waals surface area contributed by atoms with Gasteiger partial charge in [-0.2, -0.15) is 0 Å². The molecule has 0 radical (unpaired) electrons. The fraction of sp³-hybridized carbons (Fsp3) is 0.333. The Bertz CT molecular complexity index is 397. The summed E-state index contributed by atoms with van der Waals surface area (Å²) in [5.41, 5.74) is 0.278. The smallest absolute Gasteiger partial charge is 0.175 e. The fourth-order valence-electron chi connectivity index (χ4n) is 1.03. The minimum Gasteiger partial charge on any atom is -0.393 e. The highest BCUT2D eigenvalue weighted by Gasteiger charge is 2.10. The van der Waals surface area contributed by atoms with Crippen LogP contribution in [0.1, 0.15) is 11.7 Å². The number of halogens is 1. The van der Waals surface area contributed by atoms with Crippen LogP contribution in [0.5, 0.6) is 0 Å². The van der Waals surface area contributed by atoms with E-state index in [9.17, 15) is 12.8 Å². The van der Waals surface area contributed by atoms with Crippen LogP contribution in [0.2, 0.25) is 0 Å². The van der Waals surface area contributed by atoms with Gasteiger partial charge in [0.2, 0.25) is 0 Å². The van der Waals surface area contributed by atoms with Crippen molar-refractivity contribution in [2.45, 2.75) is 11.1 Å². The minimum atomic E-state index is -3.24. The molecule has 78 valence electrons. The Morgan fingerprint density at radius 2 is 1.86 bits per heavy atom. The van der Waals surface area contributed by atoms with Crippen molar-refractivity contribution in [1.82, 2.24) is 0 Å². The van der Waals surface area contributed by atoms with Crippen LogP contribution in [0.4, 0.5) is 4.39 Å². The zero-order valence-corrected chi connectivity index (χ0v) is 8.46. The first-order valence-corrected chi connectivity index (χ1v) is 5.89. The Hall–Kier alpha value is -0.940. The summed E-state index contributed by atoms with van der Waals surface area (Å²) in [6.07, 6.45) is -0.371. The number of aliphatic hydroxyl groups excluding tert-OH is 1. The molecule has 1 rings (SSSR count). The molecule has 0 aromatic heterocycles. The molecule has 0 aliphatic carbocycles. The van der Waals surface area contributed by atoms with Crippen LogP contribution < -0.4 is 0 Å². The summed E-state index contributed by atoms with van der Waals surface area (Å²) in [7, 11) is -3.24. The Morgan fingerprint density at radius 3 is 2.21 bits per heavy atom. The lowest BCUT2D eigenvalue weighted by Crippen LogP contribution is -2.00. The predicted octanol–water partition coefficient (Wildman–Crippen LogP) is 1.09. The van der Waals surface area contributed by atoms with Crippen LogP contribution >= 0.6 is 0 Å². The number of aliphatic hydroxyl groups is 1. The molecule has 14 heavy (non-hydrogen) atoms. The Balaban J connectivity index is 3.01. The molecule has 5 heteroatoms. The van der Waals surface area contributed by atoms with E-state index < -0.39 is 22.6 Å². The molecular formula is C9H11FO3S. The summed E-state index contributed by atoms with van der Waals surface area (Å²) in [4.78, 5) is 0.145. The van der Waals surface area contributed by atoms with Crippen molar-refractivity contribution in [2.24, 2.45) is 0 Å². The highest BCUT2D eigenvalue weighted by atomic mass is 32.2. The number of hydrogen-bond donors (Lipinski definition) is 1. The summed E-state index contributed by atoms with van der Waals surface area (Å²) in [6.45, 7) is -0.599. The van der Waals surface area contributed by atoms with E-state index >= 15 is 0 Å². The first kappa shape index (κ1) is 11.1. The van der Waals surface area contributed by atoms with Crippen LogP contribution in [0.3, 0.4) is 0 Å². The topological polar surface area (TPSA) is 54.4 Å². The molecule has 0 saturated carbocycles. The second kappa shape index (κ2) is 4.06. The van der Waals surface area contributed by atoms with E-state index in [4.69, 9.17) is 5.11 Å². The van der Waals surface area contributed by atoms with Crippen molar-refractivity contribution in [1.29, 1.82) is 0 Å². The number of hydrogen-bond acceptors (Lipinski definition) is 3. The molecule has 0 amide bonds. The molecule has 1 aromatic rings.